The summed E-state index contributed by atoms with van der Waals surface area (Å²) in [5.41, 5.74) is 0. The van der Waals surface area contributed by atoms with Gasteiger partial charge in [0.1, 0.15) is 13.2 Å². The Morgan fingerprint density at radius 1 is 0.323 bits per heavy atom. The number of esters is 3. The van der Waals surface area contributed by atoms with Gasteiger partial charge in [-0.05, 0) is 83.5 Å². The van der Waals surface area contributed by atoms with E-state index in [1.807, 2.05) is 85.1 Å². The molecule has 0 aliphatic carbocycles. The maximum atomic E-state index is 12.8. The molecule has 0 aliphatic rings. The Kier molecular flexibility index (Phi) is 49.1. The number of allylic oxidation sites excluding steroid dienone is 20. The minimum atomic E-state index is -0.821. The van der Waals surface area contributed by atoms with Gasteiger partial charge < -0.3 is 14.2 Å². The van der Waals surface area contributed by atoms with E-state index in [1.54, 1.807) is 0 Å². The molecule has 0 saturated heterocycles. The van der Waals surface area contributed by atoms with Crippen LogP contribution in [0.4, 0.5) is 0 Å². The lowest BCUT2D eigenvalue weighted by Crippen LogP contribution is -2.30. The van der Waals surface area contributed by atoms with Gasteiger partial charge in [-0.3, -0.25) is 14.4 Å². The molecule has 366 valence electrons. The maximum Gasteiger partial charge on any atom is 0.306 e. The van der Waals surface area contributed by atoms with Crippen molar-refractivity contribution in [3.05, 3.63) is 122 Å². The summed E-state index contributed by atoms with van der Waals surface area (Å²) in [5.74, 6) is -1.01. The second-order valence-electron chi connectivity index (χ2n) is 16.9. The van der Waals surface area contributed by atoms with Crippen molar-refractivity contribution in [2.75, 3.05) is 13.2 Å². The molecular weight excluding hydrogens is 805 g/mol. The van der Waals surface area contributed by atoms with Crippen LogP contribution in [0.25, 0.3) is 0 Å². The first kappa shape index (κ1) is 60.8. The predicted octanol–water partition coefficient (Wildman–Crippen LogP) is 17.3. The highest BCUT2D eigenvalue weighted by atomic mass is 16.6. The number of hydrogen-bond acceptors (Lipinski definition) is 6. The number of rotatable bonds is 45. The summed E-state index contributed by atoms with van der Waals surface area (Å²) in [5, 5.41) is 0. The van der Waals surface area contributed by atoms with Crippen molar-refractivity contribution in [1.29, 1.82) is 0 Å². The SMILES string of the molecule is CC\C=C/C=C\C=C/C=C\C=C/CCCCCC(=O)OC(COC(=O)CCCCC\C=C/C=C\C=C/C=C\CC)COC(=O)CCCCCCCCC/C=C\CCCCCCCCCC. The summed E-state index contributed by atoms with van der Waals surface area (Å²) < 4.78 is 16.7. The maximum absolute atomic E-state index is 12.8. The second kappa shape index (κ2) is 52.4. The molecule has 0 fully saturated rings. The normalized spacial score (nSPS) is 13.1. The minimum Gasteiger partial charge on any atom is -0.462 e. The molecule has 0 spiro atoms. The molecule has 0 rings (SSSR count). The van der Waals surface area contributed by atoms with E-state index in [4.69, 9.17) is 14.2 Å². The molecule has 1 unspecified atom stereocenters. The second-order valence-corrected chi connectivity index (χ2v) is 16.9. The molecule has 6 nitrogen and oxygen atoms in total. The lowest BCUT2D eigenvalue weighted by molar-refractivity contribution is -0.167. The molecule has 0 bridgehead atoms. The zero-order valence-corrected chi connectivity index (χ0v) is 41.7. The number of carbonyl (C=O) groups excluding carboxylic acids is 3. The van der Waals surface area contributed by atoms with Crippen molar-refractivity contribution in [2.45, 2.75) is 219 Å². The van der Waals surface area contributed by atoms with Crippen molar-refractivity contribution in [3.8, 4) is 0 Å². The molecule has 6 heteroatoms. The quantitative estimate of drug-likeness (QED) is 0.0199. The highest BCUT2D eigenvalue weighted by molar-refractivity contribution is 5.71. The Morgan fingerprint density at radius 3 is 1.00 bits per heavy atom. The highest BCUT2D eigenvalue weighted by Gasteiger charge is 2.19. The fourth-order valence-corrected chi connectivity index (χ4v) is 6.76. The molecular formula is C59H94O6. The molecule has 0 aromatic rings. The molecule has 0 saturated carbocycles. The van der Waals surface area contributed by atoms with Gasteiger partial charge in [-0.2, -0.15) is 0 Å². The number of hydrogen-bond donors (Lipinski definition) is 0. The lowest BCUT2D eigenvalue weighted by Gasteiger charge is -2.18. The van der Waals surface area contributed by atoms with Gasteiger partial charge in [-0.25, -0.2) is 0 Å². The van der Waals surface area contributed by atoms with Crippen LogP contribution in [-0.4, -0.2) is 37.2 Å². The molecule has 0 aromatic heterocycles. The number of ether oxygens (including phenoxy) is 3. The van der Waals surface area contributed by atoms with E-state index in [-0.39, 0.29) is 37.5 Å². The van der Waals surface area contributed by atoms with E-state index >= 15 is 0 Å². The number of unbranched alkanes of at least 4 members (excludes halogenated alkanes) is 21. The first-order chi connectivity index (χ1) is 32.0. The third-order valence-corrected chi connectivity index (χ3v) is 10.7. The Morgan fingerprint density at radius 2 is 0.615 bits per heavy atom. The average Bonchev–Trinajstić information content (AvgIpc) is 3.30. The van der Waals surface area contributed by atoms with E-state index in [2.05, 4.69) is 57.2 Å². The van der Waals surface area contributed by atoms with Crippen LogP contribution in [0.15, 0.2) is 122 Å². The van der Waals surface area contributed by atoms with Crippen molar-refractivity contribution in [1.82, 2.24) is 0 Å². The smallest absolute Gasteiger partial charge is 0.306 e. The van der Waals surface area contributed by atoms with Crippen LogP contribution < -0.4 is 0 Å². The van der Waals surface area contributed by atoms with E-state index in [9.17, 15) is 14.4 Å². The van der Waals surface area contributed by atoms with Crippen LogP contribution in [0.3, 0.4) is 0 Å². The molecule has 0 aromatic carbocycles. The largest absolute Gasteiger partial charge is 0.462 e. The third kappa shape index (κ3) is 50.7. The van der Waals surface area contributed by atoms with Crippen molar-refractivity contribution < 1.29 is 28.6 Å². The van der Waals surface area contributed by atoms with Crippen LogP contribution >= 0.6 is 0 Å². The highest BCUT2D eigenvalue weighted by Crippen LogP contribution is 2.14. The third-order valence-electron chi connectivity index (χ3n) is 10.7. The zero-order chi connectivity index (χ0) is 47.2. The van der Waals surface area contributed by atoms with Crippen LogP contribution in [-0.2, 0) is 28.6 Å². The van der Waals surface area contributed by atoms with Gasteiger partial charge in [0.2, 0.25) is 0 Å². The molecule has 1 atom stereocenters. The summed E-state index contributed by atoms with van der Waals surface area (Å²) in [6, 6.07) is 0. The number of carbonyl (C=O) groups is 3. The molecule has 0 aliphatic heterocycles. The zero-order valence-electron chi connectivity index (χ0n) is 41.7. The first-order valence-electron chi connectivity index (χ1n) is 26.2. The Labute approximate surface area is 399 Å². The first-order valence-corrected chi connectivity index (χ1v) is 26.2. The van der Waals surface area contributed by atoms with Crippen molar-refractivity contribution in [2.24, 2.45) is 0 Å². The van der Waals surface area contributed by atoms with E-state index in [1.165, 1.54) is 89.9 Å². The van der Waals surface area contributed by atoms with Gasteiger partial charge in [0.25, 0.3) is 0 Å². The van der Waals surface area contributed by atoms with Crippen LogP contribution in [0, 0.1) is 0 Å². The fraction of sp³-hybridized carbons (Fsp3) is 0.610. The summed E-state index contributed by atoms with van der Waals surface area (Å²) in [4.78, 5) is 38.0. The fourth-order valence-electron chi connectivity index (χ4n) is 6.76. The predicted molar refractivity (Wildman–Crippen MR) is 279 cm³/mol. The van der Waals surface area contributed by atoms with E-state index < -0.39 is 6.10 Å². The Balaban J connectivity index is 4.50. The van der Waals surface area contributed by atoms with Gasteiger partial charge in [0, 0.05) is 19.3 Å². The van der Waals surface area contributed by atoms with Crippen molar-refractivity contribution >= 4 is 17.9 Å². The van der Waals surface area contributed by atoms with Gasteiger partial charge in [-0.1, -0.05) is 232 Å². The molecule has 0 amide bonds. The summed E-state index contributed by atoms with van der Waals surface area (Å²) >= 11 is 0. The Hall–Kier alpha value is -4.19. The topological polar surface area (TPSA) is 78.9 Å². The molecule has 0 N–H and O–H groups in total. The summed E-state index contributed by atoms with van der Waals surface area (Å²) in [6.45, 7) is 6.26. The lowest BCUT2D eigenvalue weighted by atomic mass is 10.1. The molecule has 0 heterocycles. The minimum absolute atomic E-state index is 0.114. The van der Waals surface area contributed by atoms with Crippen LogP contribution in [0.1, 0.15) is 213 Å². The summed E-state index contributed by atoms with van der Waals surface area (Å²) in [6.07, 6.45) is 71.9. The Bertz CT molecular complexity index is 1400. The standard InChI is InChI=1S/C59H94O6/c1-4-7-10-13-16-19-22-25-27-28-29-30-32-34-37-40-43-46-49-52-58(61)64-55-56(54-63-57(60)51-48-45-42-39-36-33-24-21-18-15-12-9-6-3)65-59(62)53-50-47-44-41-38-35-31-26-23-20-17-14-11-8-5-2/h8-9,11-12,14-15,17-18,20-21,23-24,26,28-29,31,33,35-36,38,56H,4-7,10,13,16,19,22,25,27,30,32,34,37,39-55H2,1-3H3/b11-8-,12-9-,17-14-,18-15-,23-20-,24-21-,29-28-,31-26-,36-33-,38-35-. The molecule has 65 heavy (non-hydrogen) atoms. The van der Waals surface area contributed by atoms with Crippen LogP contribution in [0.2, 0.25) is 0 Å². The van der Waals surface area contributed by atoms with E-state index in [0.29, 0.717) is 19.3 Å². The van der Waals surface area contributed by atoms with Gasteiger partial charge in [-0.15, -0.1) is 0 Å². The van der Waals surface area contributed by atoms with E-state index in [0.717, 1.165) is 77.0 Å². The van der Waals surface area contributed by atoms with Gasteiger partial charge >= 0.3 is 17.9 Å². The average molecular weight is 899 g/mol. The monoisotopic (exact) mass is 899 g/mol. The van der Waals surface area contributed by atoms with Gasteiger partial charge in [0.15, 0.2) is 6.10 Å². The molecule has 0 radical (unpaired) electrons. The summed E-state index contributed by atoms with van der Waals surface area (Å²) in [7, 11) is 0. The van der Waals surface area contributed by atoms with Gasteiger partial charge in [0.05, 0.1) is 0 Å². The van der Waals surface area contributed by atoms with Crippen LogP contribution in [0.5, 0.6) is 0 Å². The van der Waals surface area contributed by atoms with Crippen molar-refractivity contribution in [3.63, 3.8) is 0 Å².